The molecule has 0 aromatic heterocycles. The van der Waals surface area contributed by atoms with Crippen LogP contribution in [0.5, 0.6) is 5.75 Å². The van der Waals surface area contributed by atoms with E-state index < -0.39 is 49.3 Å². The van der Waals surface area contributed by atoms with E-state index in [4.69, 9.17) is 24.8 Å². The summed E-state index contributed by atoms with van der Waals surface area (Å²) in [7, 11) is 0. The van der Waals surface area contributed by atoms with Crippen LogP contribution in [0.15, 0.2) is 18.2 Å². The summed E-state index contributed by atoms with van der Waals surface area (Å²) in [5, 5.41) is 56.3. The minimum Gasteiger partial charge on any atom is -0.478 e. The molecule has 2 rings (SSSR count). The molecule has 1 aromatic carbocycles. The first-order chi connectivity index (χ1) is 11.2. The molecular formula is C14H16O10. The smallest absolute Gasteiger partial charge is 0.335 e. The third-order valence-corrected chi connectivity index (χ3v) is 3.50. The van der Waals surface area contributed by atoms with Crippen molar-refractivity contribution in [2.24, 2.45) is 0 Å². The Kier molecular flexibility index (Phi) is 5.36. The highest BCUT2D eigenvalue weighted by molar-refractivity contribution is 5.94. The summed E-state index contributed by atoms with van der Waals surface area (Å²) in [5.41, 5.74) is -0.732. The van der Waals surface area contributed by atoms with Gasteiger partial charge >= 0.3 is 11.9 Å². The first-order valence-corrected chi connectivity index (χ1v) is 6.83. The number of carboxylic acids is 2. The molecule has 0 unspecified atom stereocenters. The third-order valence-electron chi connectivity index (χ3n) is 3.50. The number of aromatic carboxylic acids is 2. The van der Waals surface area contributed by atoms with Gasteiger partial charge in [-0.2, -0.15) is 0 Å². The van der Waals surface area contributed by atoms with Crippen LogP contribution in [0.25, 0.3) is 0 Å². The van der Waals surface area contributed by atoms with E-state index in [1.165, 1.54) is 0 Å². The van der Waals surface area contributed by atoms with Crippen LogP contribution in [0.2, 0.25) is 0 Å². The van der Waals surface area contributed by atoms with E-state index in [1.54, 1.807) is 0 Å². The van der Waals surface area contributed by atoms with Gasteiger partial charge in [0, 0.05) is 0 Å². The van der Waals surface area contributed by atoms with E-state index >= 15 is 0 Å². The molecule has 6 N–H and O–H groups in total. The van der Waals surface area contributed by atoms with Gasteiger partial charge in [0.15, 0.2) is 0 Å². The van der Waals surface area contributed by atoms with Crippen LogP contribution in [0.3, 0.4) is 0 Å². The number of rotatable bonds is 5. The molecule has 1 aromatic rings. The van der Waals surface area contributed by atoms with Gasteiger partial charge in [-0.15, -0.1) is 0 Å². The van der Waals surface area contributed by atoms with Crippen LogP contribution in [-0.2, 0) is 4.74 Å². The van der Waals surface area contributed by atoms with E-state index in [1.807, 2.05) is 0 Å². The number of carbonyl (C=O) groups is 2. The quantitative estimate of drug-likeness (QED) is 0.360. The van der Waals surface area contributed by atoms with Crippen molar-refractivity contribution in [3.8, 4) is 5.75 Å². The second kappa shape index (κ2) is 7.11. The van der Waals surface area contributed by atoms with Crippen molar-refractivity contribution in [1.29, 1.82) is 0 Å². The Labute approximate surface area is 135 Å². The van der Waals surface area contributed by atoms with Crippen LogP contribution >= 0.6 is 0 Å². The Morgan fingerprint density at radius 1 is 0.958 bits per heavy atom. The maximum Gasteiger partial charge on any atom is 0.335 e. The monoisotopic (exact) mass is 344 g/mol. The van der Waals surface area contributed by atoms with Gasteiger partial charge in [-0.1, -0.05) is 0 Å². The standard InChI is InChI=1S/C14H16O10/c15-4-8-9(16)10(17)11(18)14(24-8)23-7-2-5(12(19)20)1-6(3-7)13(21)22/h1-3,8-11,14-18H,4H2,(H,19,20)(H,21,22)/t8-,9-,10+,11-,14-/m1/s1. The first kappa shape index (κ1) is 18.1. The predicted octanol–water partition coefficient (Wildman–Crippen LogP) is -1.74. The molecule has 0 radical (unpaired) electrons. The zero-order chi connectivity index (χ0) is 18.0. The summed E-state index contributed by atoms with van der Waals surface area (Å²) in [6, 6.07) is 2.94. The Balaban J connectivity index is 2.29. The molecule has 0 amide bonds. The van der Waals surface area contributed by atoms with Crippen LogP contribution < -0.4 is 4.74 Å². The highest BCUT2D eigenvalue weighted by Crippen LogP contribution is 2.26. The van der Waals surface area contributed by atoms with Crippen molar-refractivity contribution in [2.45, 2.75) is 30.7 Å². The normalized spacial score (nSPS) is 29.9. The molecule has 1 saturated heterocycles. The van der Waals surface area contributed by atoms with Gasteiger partial charge in [-0.25, -0.2) is 9.59 Å². The molecule has 0 spiro atoms. The van der Waals surface area contributed by atoms with Crippen molar-refractivity contribution >= 4 is 11.9 Å². The summed E-state index contributed by atoms with van der Waals surface area (Å²) < 4.78 is 10.3. The molecule has 0 aliphatic carbocycles. The number of hydrogen-bond acceptors (Lipinski definition) is 8. The Morgan fingerprint density at radius 3 is 1.96 bits per heavy atom. The van der Waals surface area contributed by atoms with Gasteiger partial charge in [0.1, 0.15) is 30.2 Å². The molecule has 10 nitrogen and oxygen atoms in total. The number of hydrogen-bond donors (Lipinski definition) is 6. The molecule has 1 fully saturated rings. The number of carboxylic acid groups (broad SMARTS) is 2. The lowest BCUT2D eigenvalue weighted by molar-refractivity contribution is -0.277. The molecule has 24 heavy (non-hydrogen) atoms. The van der Waals surface area contributed by atoms with Crippen LogP contribution in [0.1, 0.15) is 20.7 Å². The zero-order valence-corrected chi connectivity index (χ0v) is 12.1. The second-order valence-corrected chi connectivity index (χ2v) is 5.17. The van der Waals surface area contributed by atoms with Gasteiger partial charge in [0.25, 0.3) is 0 Å². The summed E-state index contributed by atoms with van der Waals surface area (Å²) >= 11 is 0. The molecule has 0 saturated carbocycles. The van der Waals surface area contributed by atoms with Crippen molar-refractivity contribution in [1.82, 2.24) is 0 Å². The third kappa shape index (κ3) is 3.63. The first-order valence-electron chi connectivity index (χ1n) is 6.83. The SMILES string of the molecule is O=C(O)c1cc(O[C@@H]2O[C@H](CO)[C@@H](O)[C@H](O)[C@H]2O)cc(C(=O)O)c1. The second-order valence-electron chi connectivity index (χ2n) is 5.17. The average Bonchev–Trinajstić information content (AvgIpc) is 2.55. The maximum absolute atomic E-state index is 11.0. The number of aliphatic hydroxyl groups excluding tert-OH is 4. The van der Waals surface area contributed by atoms with Crippen LogP contribution in [0, 0.1) is 0 Å². The molecule has 1 aliphatic heterocycles. The molecular weight excluding hydrogens is 328 g/mol. The fourth-order valence-electron chi connectivity index (χ4n) is 2.21. The molecule has 10 heteroatoms. The maximum atomic E-state index is 11.0. The highest BCUT2D eigenvalue weighted by atomic mass is 16.7. The molecule has 132 valence electrons. The fraction of sp³-hybridized carbons (Fsp3) is 0.429. The highest BCUT2D eigenvalue weighted by Gasteiger charge is 2.44. The fourth-order valence-corrected chi connectivity index (χ4v) is 2.21. The Hall–Kier alpha value is -2.24. The summed E-state index contributed by atoms with van der Waals surface area (Å²) in [6.45, 7) is -0.666. The Bertz CT molecular complexity index is 596. The lowest BCUT2D eigenvalue weighted by Gasteiger charge is -2.39. The van der Waals surface area contributed by atoms with E-state index in [9.17, 15) is 24.9 Å². The average molecular weight is 344 g/mol. The van der Waals surface area contributed by atoms with E-state index in [2.05, 4.69) is 0 Å². The van der Waals surface area contributed by atoms with Crippen molar-refractivity contribution in [3.05, 3.63) is 29.3 Å². The van der Waals surface area contributed by atoms with Gasteiger partial charge in [0.2, 0.25) is 6.29 Å². The largest absolute Gasteiger partial charge is 0.478 e. The van der Waals surface area contributed by atoms with Gasteiger partial charge in [0.05, 0.1) is 17.7 Å². The lowest BCUT2D eigenvalue weighted by Crippen LogP contribution is -2.60. The minimum atomic E-state index is -1.70. The topological polar surface area (TPSA) is 174 Å². The van der Waals surface area contributed by atoms with E-state index in [0.717, 1.165) is 18.2 Å². The number of benzene rings is 1. The summed E-state index contributed by atoms with van der Waals surface area (Å²) in [5.74, 6) is -3.02. The van der Waals surface area contributed by atoms with Crippen molar-refractivity contribution in [3.63, 3.8) is 0 Å². The van der Waals surface area contributed by atoms with E-state index in [-0.39, 0.29) is 16.9 Å². The molecule has 1 heterocycles. The zero-order valence-electron chi connectivity index (χ0n) is 12.1. The van der Waals surface area contributed by atoms with Crippen LogP contribution in [-0.4, -0.2) is 79.9 Å². The van der Waals surface area contributed by atoms with Gasteiger partial charge in [-0.05, 0) is 18.2 Å². The van der Waals surface area contributed by atoms with Gasteiger partial charge in [-0.3, -0.25) is 0 Å². The molecule has 5 atom stereocenters. The molecule has 1 aliphatic rings. The van der Waals surface area contributed by atoms with Crippen molar-refractivity contribution in [2.75, 3.05) is 6.61 Å². The minimum absolute atomic E-state index is 0.239. The number of ether oxygens (including phenoxy) is 2. The number of aliphatic hydroxyl groups is 4. The summed E-state index contributed by atoms with van der Waals surface area (Å²) in [4.78, 5) is 22.1. The molecule has 0 bridgehead atoms. The van der Waals surface area contributed by atoms with Crippen LogP contribution in [0.4, 0.5) is 0 Å². The van der Waals surface area contributed by atoms with E-state index in [0.29, 0.717) is 0 Å². The predicted molar refractivity (Wildman–Crippen MR) is 74.8 cm³/mol. The Morgan fingerprint density at radius 2 is 1.50 bits per heavy atom. The lowest BCUT2D eigenvalue weighted by atomic mass is 9.99. The van der Waals surface area contributed by atoms with Crippen molar-refractivity contribution < 1.29 is 49.7 Å². The van der Waals surface area contributed by atoms with Gasteiger partial charge < -0.3 is 40.1 Å². The summed E-state index contributed by atoms with van der Waals surface area (Å²) in [6.07, 6.45) is -7.72.